The van der Waals surface area contributed by atoms with E-state index in [0.29, 0.717) is 12.5 Å². The molecule has 0 aromatic rings. The quantitative estimate of drug-likeness (QED) is 0.635. The highest BCUT2D eigenvalue weighted by atomic mass is 16.2. The van der Waals surface area contributed by atoms with Crippen molar-refractivity contribution in [2.45, 2.75) is 45.7 Å². The average Bonchev–Trinajstić information content (AvgIpc) is 2.28. The lowest BCUT2D eigenvalue weighted by Crippen LogP contribution is -2.54. The molecule has 0 aliphatic carbocycles. The molecule has 5 nitrogen and oxygen atoms in total. The zero-order chi connectivity index (χ0) is 12.8. The number of piperidine rings is 1. The average molecular weight is 241 g/mol. The van der Waals surface area contributed by atoms with E-state index in [2.05, 4.69) is 16.0 Å². The number of hydrogen-bond donors (Lipinski definition) is 3. The van der Waals surface area contributed by atoms with Crippen LogP contribution in [0.15, 0.2) is 0 Å². The van der Waals surface area contributed by atoms with Gasteiger partial charge in [-0.3, -0.25) is 14.9 Å². The van der Waals surface area contributed by atoms with Gasteiger partial charge in [0, 0.05) is 13.1 Å². The lowest BCUT2D eigenvalue weighted by Gasteiger charge is -2.25. The van der Waals surface area contributed by atoms with Crippen LogP contribution in [0.25, 0.3) is 0 Å². The Bertz CT molecular complexity index is 279. The lowest BCUT2D eigenvalue weighted by molar-refractivity contribution is -0.126. The second-order valence-electron chi connectivity index (χ2n) is 5.01. The van der Waals surface area contributed by atoms with Crippen molar-refractivity contribution >= 4 is 11.8 Å². The Labute approximate surface area is 103 Å². The highest BCUT2D eigenvalue weighted by Crippen LogP contribution is 2.04. The third kappa shape index (κ3) is 4.73. The van der Waals surface area contributed by atoms with Crippen molar-refractivity contribution in [1.82, 2.24) is 16.0 Å². The van der Waals surface area contributed by atoms with E-state index >= 15 is 0 Å². The van der Waals surface area contributed by atoms with Crippen LogP contribution in [0.2, 0.25) is 0 Å². The normalized spacial score (nSPS) is 22.1. The van der Waals surface area contributed by atoms with Gasteiger partial charge in [0.1, 0.15) is 0 Å². The van der Waals surface area contributed by atoms with E-state index in [1.807, 2.05) is 13.8 Å². The van der Waals surface area contributed by atoms with Crippen LogP contribution >= 0.6 is 0 Å². The van der Waals surface area contributed by atoms with Crippen LogP contribution in [0, 0.1) is 5.92 Å². The summed E-state index contributed by atoms with van der Waals surface area (Å²) in [5.41, 5.74) is 0. The Kier molecular flexibility index (Phi) is 5.41. The number of hydrogen-bond acceptors (Lipinski definition) is 3. The standard InChI is InChI=1S/C12H23N3O2/c1-8(2)7-14-11(16)9(3)15-10-5-4-6-13-12(10)17/h8-10,15H,4-7H2,1-3H3,(H,13,17)(H,14,16). The first-order valence-electron chi connectivity index (χ1n) is 6.32. The summed E-state index contributed by atoms with van der Waals surface area (Å²) < 4.78 is 0. The summed E-state index contributed by atoms with van der Waals surface area (Å²) in [6.07, 6.45) is 1.76. The molecule has 0 saturated carbocycles. The van der Waals surface area contributed by atoms with Gasteiger partial charge in [0.2, 0.25) is 11.8 Å². The van der Waals surface area contributed by atoms with E-state index in [4.69, 9.17) is 0 Å². The van der Waals surface area contributed by atoms with E-state index in [1.165, 1.54) is 0 Å². The predicted molar refractivity (Wildman–Crippen MR) is 66.5 cm³/mol. The fraction of sp³-hybridized carbons (Fsp3) is 0.833. The first-order valence-corrected chi connectivity index (χ1v) is 6.32. The highest BCUT2D eigenvalue weighted by Gasteiger charge is 2.25. The van der Waals surface area contributed by atoms with Gasteiger partial charge in [-0.25, -0.2) is 0 Å². The van der Waals surface area contributed by atoms with Gasteiger partial charge in [-0.15, -0.1) is 0 Å². The molecule has 1 saturated heterocycles. The highest BCUT2D eigenvalue weighted by molar-refractivity contribution is 5.85. The van der Waals surface area contributed by atoms with Gasteiger partial charge < -0.3 is 10.6 Å². The molecule has 1 fully saturated rings. The minimum absolute atomic E-state index is 0.000223. The van der Waals surface area contributed by atoms with E-state index in [-0.39, 0.29) is 23.9 Å². The Hall–Kier alpha value is -1.10. The van der Waals surface area contributed by atoms with Crippen molar-refractivity contribution in [3.05, 3.63) is 0 Å². The molecular weight excluding hydrogens is 218 g/mol. The maximum atomic E-state index is 11.7. The molecule has 2 amide bonds. The molecule has 0 aromatic carbocycles. The van der Waals surface area contributed by atoms with Crippen molar-refractivity contribution in [2.24, 2.45) is 5.92 Å². The van der Waals surface area contributed by atoms with Crippen LogP contribution in [-0.2, 0) is 9.59 Å². The molecule has 0 bridgehead atoms. The van der Waals surface area contributed by atoms with Gasteiger partial charge in [0.05, 0.1) is 12.1 Å². The molecule has 2 unspecified atom stereocenters. The molecule has 1 rings (SSSR count). The summed E-state index contributed by atoms with van der Waals surface area (Å²) in [6.45, 7) is 7.30. The largest absolute Gasteiger partial charge is 0.355 e. The van der Waals surface area contributed by atoms with E-state index < -0.39 is 0 Å². The number of nitrogens with one attached hydrogen (secondary N) is 3. The van der Waals surface area contributed by atoms with Crippen molar-refractivity contribution in [2.75, 3.05) is 13.1 Å². The molecular formula is C12H23N3O2. The second-order valence-corrected chi connectivity index (χ2v) is 5.01. The molecule has 0 spiro atoms. The number of carbonyl (C=O) groups excluding carboxylic acids is 2. The molecule has 2 atom stereocenters. The van der Waals surface area contributed by atoms with Gasteiger partial charge in [-0.2, -0.15) is 0 Å². The van der Waals surface area contributed by atoms with Crippen LogP contribution < -0.4 is 16.0 Å². The summed E-state index contributed by atoms with van der Waals surface area (Å²) in [4.78, 5) is 23.2. The maximum absolute atomic E-state index is 11.7. The Morgan fingerprint density at radius 1 is 1.47 bits per heavy atom. The van der Waals surface area contributed by atoms with Crippen molar-refractivity contribution in [3.63, 3.8) is 0 Å². The van der Waals surface area contributed by atoms with Crippen LogP contribution in [0.3, 0.4) is 0 Å². The van der Waals surface area contributed by atoms with E-state index in [9.17, 15) is 9.59 Å². The first kappa shape index (κ1) is 14.0. The maximum Gasteiger partial charge on any atom is 0.237 e. The lowest BCUT2D eigenvalue weighted by atomic mass is 10.1. The molecule has 1 aliphatic rings. The zero-order valence-corrected chi connectivity index (χ0v) is 10.9. The summed E-state index contributed by atoms with van der Waals surface area (Å²) >= 11 is 0. The number of rotatable bonds is 5. The van der Waals surface area contributed by atoms with Gasteiger partial charge in [0.25, 0.3) is 0 Å². The van der Waals surface area contributed by atoms with E-state index in [1.54, 1.807) is 6.92 Å². The fourth-order valence-corrected chi connectivity index (χ4v) is 1.77. The minimum atomic E-state index is -0.331. The third-order valence-electron chi connectivity index (χ3n) is 2.81. The predicted octanol–water partition coefficient (Wildman–Crippen LogP) is 0.0153. The minimum Gasteiger partial charge on any atom is -0.355 e. The molecule has 1 aliphatic heterocycles. The Balaban J connectivity index is 2.34. The monoisotopic (exact) mass is 241 g/mol. The van der Waals surface area contributed by atoms with E-state index in [0.717, 1.165) is 19.4 Å². The first-order chi connectivity index (χ1) is 8.00. The third-order valence-corrected chi connectivity index (χ3v) is 2.81. The molecule has 5 heteroatoms. The van der Waals surface area contributed by atoms with Crippen LogP contribution in [0.4, 0.5) is 0 Å². The van der Waals surface area contributed by atoms with Crippen LogP contribution in [0.5, 0.6) is 0 Å². The summed E-state index contributed by atoms with van der Waals surface area (Å²) in [6, 6.07) is -0.564. The summed E-state index contributed by atoms with van der Waals surface area (Å²) in [7, 11) is 0. The molecule has 98 valence electrons. The topological polar surface area (TPSA) is 70.2 Å². The summed E-state index contributed by atoms with van der Waals surface area (Å²) in [5, 5.41) is 8.71. The molecule has 0 radical (unpaired) electrons. The fourth-order valence-electron chi connectivity index (χ4n) is 1.77. The summed E-state index contributed by atoms with van der Waals surface area (Å²) in [5.74, 6) is 0.390. The van der Waals surface area contributed by atoms with Crippen molar-refractivity contribution in [1.29, 1.82) is 0 Å². The number of amides is 2. The molecule has 1 heterocycles. The van der Waals surface area contributed by atoms with Gasteiger partial charge in [-0.1, -0.05) is 13.8 Å². The molecule has 17 heavy (non-hydrogen) atoms. The van der Waals surface area contributed by atoms with Gasteiger partial charge >= 0.3 is 0 Å². The Morgan fingerprint density at radius 2 is 2.18 bits per heavy atom. The Morgan fingerprint density at radius 3 is 2.76 bits per heavy atom. The SMILES string of the molecule is CC(C)CNC(=O)C(C)NC1CCCNC1=O. The van der Waals surface area contributed by atoms with Crippen LogP contribution in [0.1, 0.15) is 33.6 Å². The van der Waals surface area contributed by atoms with Gasteiger partial charge in [0.15, 0.2) is 0 Å². The van der Waals surface area contributed by atoms with Gasteiger partial charge in [-0.05, 0) is 25.7 Å². The number of carbonyl (C=O) groups is 2. The smallest absolute Gasteiger partial charge is 0.237 e. The van der Waals surface area contributed by atoms with Crippen LogP contribution in [-0.4, -0.2) is 37.0 Å². The zero-order valence-electron chi connectivity index (χ0n) is 10.9. The molecule has 0 aromatic heterocycles. The van der Waals surface area contributed by atoms with Crippen molar-refractivity contribution in [3.8, 4) is 0 Å². The van der Waals surface area contributed by atoms with Crippen molar-refractivity contribution < 1.29 is 9.59 Å². The molecule has 3 N–H and O–H groups in total. The second kappa shape index (κ2) is 6.59.